The summed E-state index contributed by atoms with van der Waals surface area (Å²) >= 11 is 0. The Morgan fingerprint density at radius 2 is 2.07 bits per heavy atom. The predicted molar refractivity (Wildman–Crippen MR) is 51.7 cm³/mol. The molecule has 0 bridgehead atoms. The van der Waals surface area contributed by atoms with E-state index in [-0.39, 0.29) is 11.9 Å². The van der Waals surface area contributed by atoms with Gasteiger partial charge in [-0.2, -0.15) is 0 Å². The highest BCUT2D eigenvalue weighted by molar-refractivity contribution is 5.93. The van der Waals surface area contributed by atoms with Crippen LogP contribution >= 0.6 is 0 Å². The lowest BCUT2D eigenvalue weighted by atomic mass is 10.1. The van der Waals surface area contributed by atoms with E-state index in [0.717, 1.165) is 31.4 Å². The highest BCUT2D eigenvalue weighted by atomic mass is 16.4. The lowest BCUT2D eigenvalue weighted by molar-refractivity contribution is -0.131. The Hall–Kier alpha value is -1.32. The number of rotatable bonds is 3. The fraction of sp³-hybridized carbons (Fsp3) is 0.600. The maximum atomic E-state index is 11.1. The summed E-state index contributed by atoms with van der Waals surface area (Å²) in [5.41, 5.74) is 0. The van der Waals surface area contributed by atoms with Gasteiger partial charge in [0.2, 0.25) is 5.91 Å². The van der Waals surface area contributed by atoms with Gasteiger partial charge in [0.15, 0.2) is 0 Å². The van der Waals surface area contributed by atoms with E-state index in [0.29, 0.717) is 5.92 Å². The number of carboxylic acids is 1. The molecular weight excluding hydrogens is 182 g/mol. The van der Waals surface area contributed by atoms with E-state index in [4.69, 9.17) is 5.11 Å². The molecule has 2 atom stereocenters. The van der Waals surface area contributed by atoms with Gasteiger partial charge < -0.3 is 10.4 Å². The number of carbonyl (C=O) groups is 2. The third-order valence-electron chi connectivity index (χ3n) is 2.42. The Morgan fingerprint density at radius 3 is 2.57 bits per heavy atom. The molecule has 14 heavy (non-hydrogen) atoms. The van der Waals surface area contributed by atoms with E-state index >= 15 is 0 Å². The van der Waals surface area contributed by atoms with Crippen molar-refractivity contribution >= 4 is 11.9 Å². The van der Waals surface area contributed by atoms with E-state index in [2.05, 4.69) is 12.2 Å². The maximum Gasteiger partial charge on any atom is 0.328 e. The summed E-state index contributed by atoms with van der Waals surface area (Å²) in [6.45, 7) is 2.15. The van der Waals surface area contributed by atoms with Crippen molar-refractivity contribution in [3.63, 3.8) is 0 Å². The Bertz CT molecular complexity index is 260. The van der Waals surface area contributed by atoms with Gasteiger partial charge in [-0.15, -0.1) is 0 Å². The highest BCUT2D eigenvalue weighted by Gasteiger charge is 2.21. The molecule has 1 fully saturated rings. The van der Waals surface area contributed by atoms with Crippen molar-refractivity contribution in [2.75, 3.05) is 0 Å². The van der Waals surface area contributed by atoms with Crippen LogP contribution < -0.4 is 5.32 Å². The minimum atomic E-state index is -1.10. The molecule has 0 heterocycles. The second kappa shape index (κ2) is 4.79. The maximum absolute atomic E-state index is 11.1. The van der Waals surface area contributed by atoms with Crippen LogP contribution in [0.4, 0.5) is 0 Å². The third-order valence-corrected chi connectivity index (χ3v) is 2.42. The van der Waals surface area contributed by atoms with Crippen LogP contribution in [0.3, 0.4) is 0 Å². The molecule has 2 N–H and O–H groups in total. The summed E-state index contributed by atoms with van der Waals surface area (Å²) in [6.07, 6.45) is 5.03. The normalized spacial score (nSPS) is 26.6. The second-order valence-electron chi connectivity index (χ2n) is 3.80. The van der Waals surface area contributed by atoms with Crippen LogP contribution in [0.25, 0.3) is 0 Å². The largest absolute Gasteiger partial charge is 0.478 e. The van der Waals surface area contributed by atoms with Gasteiger partial charge in [0, 0.05) is 18.2 Å². The molecule has 0 aromatic carbocycles. The van der Waals surface area contributed by atoms with Gasteiger partial charge in [-0.3, -0.25) is 4.79 Å². The summed E-state index contributed by atoms with van der Waals surface area (Å²) in [4.78, 5) is 21.3. The molecule has 1 saturated carbocycles. The fourth-order valence-corrected chi connectivity index (χ4v) is 1.73. The van der Waals surface area contributed by atoms with E-state index in [1.165, 1.54) is 0 Å². The SMILES string of the molecule is CC1CCC(NC(=O)/C=C/C(=O)O)C1. The van der Waals surface area contributed by atoms with Crippen molar-refractivity contribution < 1.29 is 14.7 Å². The molecule has 4 nitrogen and oxygen atoms in total. The summed E-state index contributed by atoms with van der Waals surface area (Å²) in [7, 11) is 0. The van der Waals surface area contributed by atoms with E-state index in [1.807, 2.05) is 0 Å². The van der Waals surface area contributed by atoms with Crippen LogP contribution in [0.15, 0.2) is 12.2 Å². The van der Waals surface area contributed by atoms with E-state index in [1.54, 1.807) is 0 Å². The summed E-state index contributed by atoms with van der Waals surface area (Å²) in [6, 6.07) is 0.218. The fourth-order valence-electron chi connectivity index (χ4n) is 1.73. The lowest BCUT2D eigenvalue weighted by Gasteiger charge is -2.09. The van der Waals surface area contributed by atoms with Crippen LogP contribution in [0, 0.1) is 5.92 Å². The van der Waals surface area contributed by atoms with Crippen LogP contribution in [-0.2, 0) is 9.59 Å². The number of nitrogens with one attached hydrogen (secondary N) is 1. The molecule has 1 amide bonds. The van der Waals surface area contributed by atoms with Gasteiger partial charge in [-0.25, -0.2) is 4.79 Å². The highest BCUT2D eigenvalue weighted by Crippen LogP contribution is 2.24. The number of carboxylic acid groups (broad SMARTS) is 1. The van der Waals surface area contributed by atoms with Crippen molar-refractivity contribution in [3.05, 3.63) is 12.2 Å². The number of amides is 1. The molecule has 0 aliphatic heterocycles. The average Bonchev–Trinajstić information content (AvgIpc) is 2.48. The molecule has 1 aliphatic carbocycles. The standard InChI is InChI=1S/C10H15NO3/c1-7-2-3-8(6-7)11-9(12)4-5-10(13)14/h4-5,7-8H,2-3,6H2,1H3,(H,11,12)(H,13,14)/b5-4+. The minimum Gasteiger partial charge on any atom is -0.478 e. The van der Waals surface area contributed by atoms with Gasteiger partial charge in [0.25, 0.3) is 0 Å². The number of aliphatic carboxylic acids is 1. The summed E-state index contributed by atoms with van der Waals surface area (Å²) in [5.74, 6) is -0.754. The number of hydrogen-bond acceptors (Lipinski definition) is 2. The predicted octanol–water partition coefficient (Wildman–Crippen LogP) is 0.932. The zero-order valence-corrected chi connectivity index (χ0v) is 8.19. The van der Waals surface area contributed by atoms with Crippen molar-refractivity contribution in [1.82, 2.24) is 5.32 Å². The van der Waals surface area contributed by atoms with Crippen molar-refractivity contribution in [2.24, 2.45) is 5.92 Å². The molecule has 1 aliphatic rings. The van der Waals surface area contributed by atoms with Crippen LogP contribution in [0.5, 0.6) is 0 Å². The minimum absolute atomic E-state index is 0.218. The first-order valence-corrected chi connectivity index (χ1v) is 4.79. The van der Waals surface area contributed by atoms with Gasteiger partial charge in [0.05, 0.1) is 0 Å². The van der Waals surface area contributed by atoms with Crippen LogP contribution in [-0.4, -0.2) is 23.0 Å². The zero-order valence-electron chi connectivity index (χ0n) is 8.19. The zero-order chi connectivity index (χ0) is 10.6. The molecule has 0 aromatic heterocycles. The van der Waals surface area contributed by atoms with Gasteiger partial charge in [-0.05, 0) is 25.2 Å². The molecule has 4 heteroatoms. The van der Waals surface area contributed by atoms with Gasteiger partial charge in [-0.1, -0.05) is 6.92 Å². The monoisotopic (exact) mass is 197 g/mol. The van der Waals surface area contributed by atoms with Gasteiger partial charge in [0.1, 0.15) is 0 Å². The van der Waals surface area contributed by atoms with Crippen LogP contribution in [0.2, 0.25) is 0 Å². The topological polar surface area (TPSA) is 66.4 Å². The Balaban J connectivity index is 2.30. The molecule has 0 aromatic rings. The first kappa shape index (κ1) is 10.8. The molecule has 0 radical (unpaired) electrons. The van der Waals surface area contributed by atoms with E-state index in [9.17, 15) is 9.59 Å². The average molecular weight is 197 g/mol. The van der Waals surface area contributed by atoms with Crippen molar-refractivity contribution in [3.8, 4) is 0 Å². The molecule has 0 saturated heterocycles. The van der Waals surface area contributed by atoms with Gasteiger partial charge >= 0.3 is 5.97 Å². The van der Waals surface area contributed by atoms with Crippen LogP contribution in [0.1, 0.15) is 26.2 Å². The summed E-state index contributed by atoms with van der Waals surface area (Å²) in [5, 5.41) is 11.1. The number of hydrogen-bond donors (Lipinski definition) is 2. The number of carbonyl (C=O) groups excluding carboxylic acids is 1. The van der Waals surface area contributed by atoms with Crippen molar-refractivity contribution in [2.45, 2.75) is 32.2 Å². The third kappa shape index (κ3) is 3.60. The lowest BCUT2D eigenvalue weighted by Crippen LogP contribution is -2.31. The Kier molecular flexibility index (Phi) is 3.68. The van der Waals surface area contributed by atoms with Crippen molar-refractivity contribution in [1.29, 1.82) is 0 Å². The molecule has 78 valence electrons. The first-order valence-electron chi connectivity index (χ1n) is 4.79. The molecule has 0 spiro atoms. The molecule has 1 rings (SSSR count). The summed E-state index contributed by atoms with van der Waals surface area (Å²) < 4.78 is 0. The Morgan fingerprint density at radius 1 is 1.36 bits per heavy atom. The molecule has 2 unspecified atom stereocenters. The van der Waals surface area contributed by atoms with E-state index < -0.39 is 5.97 Å². The second-order valence-corrected chi connectivity index (χ2v) is 3.80. The quantitative estimate of drug-likeness (QED) is 0.661. The Labute approximate surface area is 83.0 Å². The smallest absolute Gasteiger partial charge is 0.328 e. The molecular formula is C10H15NO3. The first-order chi connectivity index (χ1) is 6.58.